The number of urea groups is 1. The highest BCUT2D eigenvalue weighted by Crippen LogP contribution is 2.26. The Hall–Kier alpha value is -1.95. The van der Waals surface area contributed by atoms with Crippen LogP contribution in [0.2, 0.25) is 0 Å². The summed E-state index contributed by atoms with van der Waals surface area (Å²) in [4.78, 5) is 16.6. The van der Waals surface area contributed by atoms with E-state index in [1.54, 1.807) is 7.11 Å². The first-order valence-corrected chi connectivity index (χ1v) is 9.22. The molecule has 0 aliphatic carbocycles. The molecule has 2 heterocycles. The lowest BCUT2D eigenvalue weighted by Crippen LogP contribution is -2.47. The topological polar surface area (TPSA) is 65.0 Å². The minimum atomic E-state index is 0.0120. The quantitative estimate of drug-likeness (QED) is 0.854. The van der Waals surface area contributed by atoms with E-state index in [1.165, 1.54) is 5.69 Å². The molecule has 25 heavy (non-hydrogen) atoms. The maximum atomic E-state index is 12.4. The Morgan fingerprint density at radius 1 is 1.28 bits per heavy atom. The number of carbonyl (C=O) groups is 1. The van der Waals surface area contributed by atoms with E-state index >= 15 is 0 Å². The fourth-order valence-corrected chi connectivity index (χ4v) is 3.78. The third-order valence-electron chi connectivity index (χ3n) is 5.31. The maximum Gasteiger partial charge on any atom is 0.317 e. The van der Waals surface area contributed by atoms with Crippen molar-refractivity contribution >= 4 is 11.7 Å². The van der Waals surface area contributed by atoms with E-state index in [0.717, 1.165) is 44.6 Å². The number of aliphatic hydroxyl groups excluding tert-OH is 1. The summed E-state index contributed by atoms with van der Waals surface area (Å²) in [6, 6.07) is 8.14. The molecule has 0 unspecified atom stereocenters. The van der Waals surface area contributed by atoms with E-state index in [9.17, 15) is 9.90 Å². The van der Waals surface area contributed by atoms with Gasteiger partial charge in [0.1, 0.15) is 5.75 Å². The van der Waals surface area contributed by atoms with Gasteiger partial charge in [-0.25, -0.2) is 4.79 Å². The number of likely N-dealkylation sites (tertiary alicyclic amines) is 1. The fraction of sp³-hybridized carbons (Fsp3) is 0.632. The van der Waals surface area contributed by atoms with Crippen LogP contribution in [0.15, 0.2) is 24.3 Å². The van der Waals surface area contributed by atoms with Gasteiger partial charge in [0.05, 0.1) is 7.11 Å². The van der Waals surface area contributed by atoms with Gasteiger partial charge in [-0.3, -0.25) is 0 Å². The number of methoxy groups -OCH3 is 1. The van der Waals surface area contributed by atoms with Crippen LogP contribution in [0.5, 0.6) is 5.75 Å². The van der Waals surface area contributed by atoms with Crippen LogP contribution >= 0.6 is 0 Å². The zero-order valence-electron chi connectivity index (χ0n) is 15.0. The molecule has 0 bridgehead atoms. The summed E-state index contributed by atoms with van der Waals surface area (Å²) in [6.45, 7) is 4.30. The number of amides is 2. The van der Waals surface area contributed by atoms with Gasteiger partial charge in [-0.2, -0.15) is 0 Å². The summed E-state index contributed by atoms with van der Waals surface area (Å²) in [5.41, 5.74) is 1.18. The van der Waals surface area contributed by atoms with Gasteiger partial charge in [-0.15, -0.1) is 0 Å². The number of aliphatic hydroxyl groups is 1. The predicted octanol–water partition coefficient (Wildman–Crippen LogP) is 1.94. The molecule has 6 heteroatoms. The number of hydrogen-bond donors (Lipinski definition) is 2. The van der Waals surface area contributed by atoms with Crippen molar-refractivity contribution < 1.29 is 14.6 Å². The molecule has 1 aromatic rings. The van der Waals surface area contributed by atoms with Crippen molar-refractivity contribution in [1.82, 2.24) is 10.2 Å². The Morgan fingerprint density at radius 2 is 2.16 bits per heavy atom. The van der Waals surface area contributed by atoms with Gasteiger partial charge in [-0.1, -0.05) is 6.07 Å². The van der Waals surface area contributed by atoms with Crippen LogP contribution in [0.4, 0.5) is 10.5 Å². The fourth-order valence-electron chi connectivity index (χ4n) is 3.78. The van der Waals surface area contributed by atoms with Crippen LogP contribution in [0.3, 0.4) is 0 Å². The number of nitrogens with one attached hydrogen (secondary N) is 1. The minimum Gasteiger partial charge on any atom is -0.497 e. The highest BCUT2D eigenvalue weighted by Gasteiger charge is 2.26. The van der Waals surface area contributed by atoms with Crippen LogP contribution in [-0.2, 0) is 0 Å². The van der Waals surface area contributed by atoms with Gasteiger partial charge >= 0.3 is 6.03 Å². The van der Waals surface area contributed by atoms with Gasteiger partial charge in [0.15, 0.2) is 0 Å². The zero-order chi connectivity index (χ0) is 17.6. The maximum absolute atomic E-state index is 12.4. The molecule has 0 aromatic heterocycles. The average Bonchev–Trinajstić information content (AvgIpc) is 3.15. The van der Waals surface area contributed by atoms with Crippen molar-refractivity contribution in [3.05, 3.63) is 24.3 Å². The summed E-state index contributed by atoms with van der Waals surface area (Å²) >= 11 is 0. The number of benzene rings is 1. The molecule has 1 aromatic carbocycles. The van der Waals surface area contributed by atoms with Crippen molar-refractivity contribution in [3.63, 3.8) is 0 Å². The smallest absolute Gasteiger partial charge is 0.317 e. The van der Waals surface area contributed by atoms with E-state index in [4.69, 9.17) is 4.74 Å². The first-order chi connectivity index (χ1) is 12.2. The van der Waals surface area contributed by atoms with Crippen molar-refractivity contribution in [2.75, 3.05) is 51.3 Å². The van der Waals surface area contributed by atoms with Gasteiger partial charge in [0.25, 0.3) is 0 Å². The number of rotatable bonds is 5. The third kappa shape index (κ3) is 4.57. The lowest BCUT2D eigenvalue weighted by atomic mass is 9.99. The molecule has 2 saturated heterocycles. The van der Waals surface area contributed by atoms with Crippen molar-refractivity contribution in [3.8, 4) is 5.75 Å². The molecule has 138 valence electrons. The monoisotopic (exact) mass is 347 g/mol. The molecule has 2 N–H and O–H groups in total. The number of nitrogens with zero attached hydrogens (tertiary/aromatic N) is 2. The predicted molar refractivity (Wildman–Crippen MR) is 98.1 cm³/mol. The number of piperidine rings is 1. The molecule has 2 atom stereocenters. The Kier molecular flexibility index (Phi) is 6.02. The number of hydrogen-bond acceptors (Lipinski definition) is 4. The molecule has 2 amide bonds. The number of ether oxygens (including phenoxy) is 1. The Bertz CT molecular complexity index is 581. The van der Waals surface area contributed by atoms with Crippen molar-refractivity contribution in [1.29, 1.82) is 0 Å². The van der Waals surface area contributed by atoms with Gasteiger partial charge < -0.3 is 25.0 Å². The lowest BCUT2D eigenvalue weighted by molar-refractivity contribution is 0.129. The highest BCUT2D eigenvalue weighted by atomic mass is 16.5. The molecule has 3 rings (SSSR count). The van der Waals surface area contributed by atoms with E-state index < -0.39 is 0 Å². The van der Waals surface area contributed by atoms with Gasteiger partial charge in [-0.05, 0) is 43.2 Å². The van der Waals surface area contributed by atoms with E-state index in [0.29, 0.717) is 19.0 Å². The van der Waals surface area contributed by atoms with Gasteiger partial charge in [0.2, 0.25) is 0 Å². The molecule has 2 aliphatic rings. The Labute approximate surface area is 149 Å². The number of carbonyl (C=O) groups excluding carboxylic acids is 1. The van der Waals surface area contributed by atoms with E-state index in [-0.39, 0.29) is 18.6 Å². The average molecular weight is 347 g/mol. The molecular formula is C19H29N3O3. The lowest BCUT2D eigenvalue weighted by Gasteiger charge is -2.32. The molecule has 2 aliphatic heterocycles. The minimum absolute atomic E-state index is 0.0120. The number of anilines is 1. The normalized spacial score (nSPS) is 23.6. The molecular weight excluding hydrogens is 318 g/mol. The second-order valence-corrected chi connectivity index (χ2v) is 7.13. The third-order valence-corrected chi connectivity index (χ3v) is 5.31. The van der Waals surface area contributed by atoms with Crippen LogP contribution in [0, 0.1) is 11.8 Å². The van der Waals surface area contributed by atoms with Crippen LogP contribution in [-0.4, -0.2) is 62.5 Å². The first-order valence-electron chi connectivity index (χ1n) is 9.22. The van der Waals surface area contributed by atoms with Gasteiger partial charge in [0, 0.05) is 51.1 Å². The highest BCUT2D eigenvalue weighted by molar-refractivity contribution is 5.74. The van der Waals surface area contributed by atoms with Crippen molar-refractivity contribution in [2.24, 2.45) is 11.8 Å². The van der Waals surface area contributed by atoms with Crippen molar-refractivity contribution in [2.45, 2.75) is 19.3 Å². The van der Waals surface area contributed by atoms with E-state index in [2.05, 4.69) is 22.3 Å². The standard InChI is InChI=1S/C19H29N3O3/c1-25-18-6-2-5-17(10-18)21-9-7-15(12-21)11-20-19(24)22-8-3-4-16(13-22)14-23/h2,5-6,10,15-16,23H,3-4,7-9,11-14H2,1H3,(H,20,24)/t15-,16-/m0/s1. The zero-order valence-corrected chi connectivity index (χ0v) is 15.0. The second kappa shape index (κ2) is 8.43. The summed E-state index contributed by atoms with van der Waals surface area (Å²) in [6.07, 6.45) is 3.07. The van der Waals surface area contributed by atoms with Crippen LogP contribution in [0.25, 0.3) is 0 Å². The summed E-state index contributed by atoms with van der Waals surface area (Å²) in [7, 11) is 1.68. The summed E-state index contributed by atoms with van der Waals surface area (Å²) in [5.74, 6) is 1.57. The van der Waals surface area contributed by atoms with Crippen LogP contribution < -0.4 is 15.0 Å². The molecule has 0 radical (unpaired) electrons. The molecule has 0 saturated carbocycles. The SMILES string of the molecule is COc1cccc(N2CC[C@@H](CNC(=O)N3CCC[C@H](CO)C3)C2)c1. The van der Waals surface area contributed by atoms with E-state index in [1.807, 2.05) is 17.0 Å². The Morgan fingerprint density at radius 3 is 2.96 bits per heavy atom. The largest absolute Gasteiger partial charge is 0.497 e. The molecule has 6 nitrogen and oxygen atoms in total. The van der Waals surface area contributed by atoms with Crippen LogP contribution in [0.1, 0.15) is 19.3 Å². The summed E-state index contributed by atoms with van der Waals surface area (Å²) in [5, 5.41) is 12.4. The summed E-state index contributed by atoms with van der Waals surface area (Å²) < 4.78 is 5.30. The second-order valence-electron chi connectivity index (χ2n) is 7.13. The Balaban J connectivity index is 1.46. The molecule has 2 fully saturated rings. The first kappa shape index (κ1) is 17.9. The molecule has 0 spiro atoms.